The van der Waals surface area contributed by atoms with E-state index in [1.165, 1.54) is 6.07 Å². The van der Waals surface area contributed by atoms with E-state index in [-0.39, 0.29) is 23.3 Å². The molecule has 0 radical (unpaired) electrons. The summed E-state index contributed by atoms with van der Waals surface area (Å²) in [4.78, 5) is 42.7. The lowest BCUT2D eigenvalue weighted by molar-refractivity contribution is -0.136. The molecule has 6 nitrogen and oxygen atoms in total. The fourth-order valence-corrected chi connectivity index (χ4v) is 6.02. The predicted molar refractivity (Wildman–Crippen MR) is 172 cm³/mol. The Morgan fingerprint density at radius 3 is 2.21 bits per heavy atom. The first-order chi connectivity index (χ1) is 20.7. The van der Waals surface area contributed by atoms with Gasteiger partial charge in [-0.3, -0.25) is 14.4 Å². The number of carbonyl (C=O) groups is 3. The Bertz CT molecular complexity index is 1620. The summed E-state index contributed by atoms with van der Waals surface area (Å²) in [5, 5.41) is 9.03. The maximum atomic E-state index is 14.2. The minimum Gasteiger partial charge on any atom is -0.338 e. The van der Waals surface area contributed by atoms with Crippen LogP contribution in [0, 0.1) is 0 Å². The fourth-order valence-electron chi connectivity index (χ4n) is 5.72. The van der Waals surface area contributed by atoms with E-state index in [0.717, 1.165) is 41.2 Å². The molecule has 1 atom stereocenters. The Morgan fingerprint density at radius 1 is 0.791 bits per heavy atom. The molecule has 1 unspecified atom stereocenters. The number of likely N-dealkylation sites (N-methyl/N-ethyl adjacent to an activating group) is 1. The number of rotatable bonds is 9. The fraction of sp³-hybridized carbons (Fsp3) is 0.286. The molecule has 1 saturated carbocycles. The Kier molecular flexibility index (Phi) is 9.69. The standard InChI is InChI=1S/C35H35Cl2N3O3/c1-40(32(41)22-24-10-4-2-5-11-24)31(21-25-14-15-26-12-6-7-13-27(26)20-25)38-34(43)35(18-8-3-9-19-35)39-33(42)28-16-17-29(36)30(37)23-28/h2,4-7,10-17,20,23,31H,3,8-9,18-19,21-22H2,1H3,(H,38,43)(H,39,42). The zero-order valence-electron chi connectivity index (χ0n) is 24.1. The van der Waals surface area contributed by atoms with Crippen LogP contribution in [0.15, 0.2) is 91.0 Å². The quantitative estimate of drug-likeness (QED) is 0.200. The molecule has 1 aliphatic rings. The molecule has 4 aromatic rings. The highest BCUT2D eigenvalue weighted by molar-refractivity contribution is 6.42. The summed E-state index contributed by atoms with van der Waals surface area (Å²) in [6.07, 6.45) is 3.55. The van der Waals surface area contributed by atoms with Crippen molar-refractivity contribution >= 4 is 51.7 Å². The van der Waals surface area contributed by atoms with E-state index in [4.69, 9.17) is 23.2 Å². The highest BCUT2D eigenvalue weighted by Crippen LogP contribution is 2.30. The minimum absolute atomic E-state index is 0.116. The van der Waals surface area contributed by atoms with Gasteiger partial charge >= 0.3 is 0 Å². The topological polar surface area (TPSA) is 78.5 Å². The van der Waals surface area contributed by atoms with Crippen LogP contribution < -0.4 is 10.6 Å². The zero-order chi connectivity index (χ0) is 30.4. The van der Waals surface area contributed by atoms with Crippen LogP contribution in [-0.4, -0.2) is 41.4 Å². The van der Waals surface area contributed by atoms with Crippen LogP contribution in [0.5, 0.6) is 0 Å². The summed E-state index contributed by atoms with van der Waals surface area (Å²) in [6.45, 7) is 0. The molecule has 5 rings (SSSR count). The second kappa shape index (κ2) is 13.6. The van der Waals surface area contributed by atoms with E-state index >= 15 is 0 Å². The number of carbonyl (C=O) groups excluding carboxylic acids is 3. The molecule has 1 fully saturated rings. The van der Waals surface area contributed by atoms with Crippen molar-refractivity contribution in [3.8, 4) is 0 Å². The molecular formula is C35H35Cl2N3O3. The van der Waals surface area contributed by atoms with Gasteiger partial charge in [0.25, 0.3) is 5.91 Å². The number of fused-ring (bicyclic) bond motifs is 1. The minimum atomic E-state index is -1.12. The van der Waals surface area contributed by atoms with Crippen molar-refractivity contribution in [2.24, 2.45) is 0 Å². The van der Waals surface area contributed by atoms with Crippen molar-refractivity contribution in [2.45, 2.75) is 56.7 Å². The van der Waals surface area contributed by atoms with E-state index in [2.05, 4.69) is 28.8 Å². The van der Waals surface area contributed by atoms with E-state index in [1.807, 2.05) is 54.6 Å². The van der Waals surface area contributed by atoms with Gasteiger partial charge in [0.1, 0.15) is 11.7 Å². The second-order valence-corrected chi connectivity index (χ2v) is 12.1. The van der Waals surface area contributed by atoms with Gasteiger partial charge in [0.15, 0.2) is 0 Å². The Hall–Kier alpha value is -3.87. The van der Waals surface area contributed by atoms with Crippen LogP contribution in [0.2, 0.25) is 10.0 Å². The van der Waals surface area contributed by atoms with E-state index in [0.29, 0.717) is 29.8 Å². The van der Waals surface area contributed by atoms with Crippen molar-refractivity contribution in [3.63, 3.8) is 0 Å². The van der Waals surface area contributed by atoms with Gasteiger partial charge < -0.3 is 15.5 Å². The normalized spacial score (nSPS) is 15.0. The molecule has 0 saturated heterocycles. The third-order valence-corrected chi connectivity index (χ3v) is 9.02. The molecule has 2 N–H and O–H groups in total. The molecule has 0 bridgehead atoms. The number of nitrogens with zero attached hydrogens (tertiary/aromatic N) is 1. The highest BCUT2D eigenvalue weighted by atomic mass is 35.5. The van der Waals surface area contributed by atoms with E-state index in [1.54, 1.807) is 24.1 Å². The first-order valence-corrected chi connectivity index (χ1v) is 15.4. The summed E-state index contributed by atoms with van der Waals surface area (Å²) >= 11 is 12.2. The summed E-state index contributed by atoms with van der Waals surface area (Å²) in [5.41, 5.74) is 1.09. The summed E-state index contributed by atoms with van der Waals surface area (Å²) in [5.74, 6) is -0.809. The van der Waals surface area contributed by atoms with Crippen molar-refractivity contribution < 1.29 is 14.4 Å². The lowest BCUT2D eigenvalue weighted by Gasteiger charge is -2.39. The molecule has 4 aromatic carbocycles. The Labute approximate surface area is 262 Å². The Balaban J connectivity index is 1.41. The number of amides is 3. The molecule has 0 spiro atoms. The monoisotopic (exact) mass is 615 g/mol. The summed E-state index contributed by atoms with van der Waals surface area (Å²) < 4.78 is 0. The van der Waals surface area contributed by atoms with Crippen molar-refractivity contribution in [2.75, 3.05) is 7.05 Å². The second-order valence-electron chi connectivity index (χ2n) is 11.3. The van der Waals surface area contributed by atoms with Gasteiger partial charge in [-0.2, -0.15) is 0 Å². The first-order valence-electron chi connectivity index (χ1n) is 14.6. The maximum absolute atomic E-state index is 14.2. The smallest absolute Gasteiger partial charge is 0.252 e. The molecule has 3 amide bonds. The van der Waals surface area contributed by atoms with Gasteiger partial charge in [-0.1, -0.05) is 115 Å². The van der Waals surface area contributed by atoms with E-state index < -0.39 is 17.6 Å². The van der Waals surface area contributed by atoms with Gasteiger partial charge in [0.2, 0.25) is 11.8 Å². The number of halogens is 2. The average molecular weight is 617 g/mol. The largest absolute Gasteiger partial charge is 0.338 e. The molecule has 1 aliphatic carbocycles. The number of nitrogens with one attached hydrogen (secondary N) is 2. The van der Waals surface area contributed by atoms with Crippen LogP contribution in [0.4, 0.5) is 0 Å². The van der Waals surface area contributed by atoms with Crippen molar-refractivity contribution in [1.29, 1.82) is 0 Å². The maximum Gasteiger partial charge on any atom is 0.252 e. The first kappa shape index (κ1) is 30.6. The lowest BCUT2D eigenvalue weighted by atomic mass is 9.80. The van der Waals surface area contributed by atoms with Crippen LogP contribution >= 0.6 is 23.2 Å². The van der Waals surface area contributed by atoms with Crippen LogP contribution in [0.1, 0.15) is 53.6 Å². The molecule has 0 aromatic heterocycles. The third kappa shape index (κ3) is 7.38. The number of benzene rings is 4. The van der Waals surface area contributed by atoms with Gasteiger partial charge in [-0.15, -0.1) is 0 Å². The average Bonchev–Trinajstić information content (AvgIpc) is 3.02. The Morgan fingerprint density at radius 2 is 1.49 bits per heavy atom. The van der Waals surface area contributed by atoms with Gasteiger partial charge in [-0.25, -0.2) is 0 Å². The van der Waals surface area contributed by atoms with E-state index in [9.17, 15) is 14.4 Å². The van der Waals surface area contributed by atoms with Crippen LogP contribution in [0.3, 0.4) is 0 Å². The van der Waals surface area contributed by atoms with Crippen LogP contribution in [-0.2, 0) is 22.4 Å². The third-order valence-electron chi connectivity index (χ3n) is 8.28. The molecule has 0 aliphatic heterocycles. The van der Waals surface area contributed by atoms with Gasteiger partial charge in [0.05, 0.1) is 16.5 Å². The molecule has 222 valence electrons. The predicted octanol–water partition coefficient (Wildman–Crippen LogP) is 6.97. The number of hydrogen-bond donors (Lipinski definition) is 2. The molecule has 8 heteroatoms. The SMILES string of the molecule is CN(C(=O)Cc1ccccc1)C(Cc1ccc2ccccc2c1)NC(=O)C1(NC(=O)c2ccc(Cl)c(Cl)c2)CCCCC1. The highest BCUT2D eigenvalue weighted by Gasteiger charge is 2.42. The number of hydrogen-bond acceptors (Lipinski definition) is 3. The summed E-state index contributed by atoms with van der Waals surface area (Å²) in [7, 11) is 1.72. The zero-order valence-corrected chi connectivity index (χ0v) is 25.6. The van der Waals surface area contributed by atoms with Crippen LogP contribution in [0.25, 0.3) is 10.8 Å². The molecule has 0 heterocycles. The van der Waals surface area contributed by atoms with Crippen molar-refractivity contribution in [1.82, 2.24) is 15.5 Å². The van der Waals surface area contributed by atoms with Gasteiger partial charge in [-0.05, 0) is 52.9 Å². The van der Waals surface area contributed by atoms with Gasteiger partial charge in [0, 0.05) is 19.0 Å². The summed E-state index contributed by atoms with van der Waals surface area (Å²) in [6, 6.07) is 28.5. The molecular weight excluding hydrogens is 581 g/mol. The lowest BCUT2D eigenvalue weighted by Crippen LogP contribution is -2.63. The van der Waals surface area contributed by atoms with Crippen molar-refractivity contribution in [3.05, 3.63) is 118 Å². The molecule has 43 heavy (non-hydrogen) atoms.